The molecule has 1 N–H and O–H groups in total. The Balaban J connectivity index is 0.000000902. The Labute approximate surface area is 125 Å². The molecular formula is C11H21Cl2N5O. The average molecular weight is 310 g/mol. The summed E-state index contributed by atoms with van der Waals surface area (Å²) in [7, 11) is 0. The van der Waals surface area contributed by atoms with E-state index in [2.05, 4.69) is 25.0 Å². The molecule has 0 saturated carbocycles. The van der Waals surface area contributed by atoms with Gasteiger partial charge < -0.3 is 14.6 Å². The van der Waals surface area contributed by atoms with Gasteiger partial charge in [0.05, 0.1) is 19.8 Å². The first-order chi connectivity index (χ1) is 8.43. The molecule has 1 aromatic heterocycles. The Morgan fingerprint density at radius 2 is 1.84 bits per heavy atom. The van der Waals surface area contributed by atoms with Gasteiger partial charge >= 0.3 is 0 Å². The molecule has 1 aromatic rings. The van der Waals surface area contributed by atoms with Crippen LogP contribution in [0.4, 0.5) is 0 Å². The molecule has 6 nitrogen and oxygen atoms in total. The number of nitrogens with one attached hydrogen (secondary N) is 1. The highest BCUT2D eigenvalue weighted by molar-refractivity contribution is 5.85. The fourth-order valence-corrected chi connectivity index (χ4v) is 2.41. The zero-order valence-electron chi connectivity index (χ0n) is 10.9. The minimum atomic E-state index is 0. The summed E-state index contributed by atoms with van der Waals surface area (Å²) in [5.74, 6) is 2.23. The third kappa shape index (κ3) is 4.03. The van der Waals surface area contributed by atoms with Gasteiger partial charge in [0.25, 0.3) is 0 Å². The summed E-state index contributed by atoms with van der Waals surface area (Å²) in [5, 5.41) is 12.0. The molecule has 0 atom stereocenters. The molecule has 1 saturated heterocycles. The van der Waals surface area contributed by atoms with Crippen LogP contribution in [0.3, 0.4) is 0 Å². The van der Waals surface area contributed by atoms with E-state index in [0.717, 1.165) is 70.6 Å². The summed E-state index contributed by atoms with van der Waals surface area (Å²) in [5.41, 5.74) is 0. The van der Waals surface area contributed by atoms with Crippen LogP contribution < -0.4 is 5.32 Å². The van der Waals surface area contributed by atoms with Crippen LogP contribution in [0.15, 0.2) is 0 Å². The van der Waals surface area contributed by atoms with Gasteiger partial charge in [-0.1, -0.05) is 0 Å². The SMILES string of the molecule is C1Cc2nnc(CN3CCOCC3)n2CCN1.Cl.Cl. The van der Waals surface area contributed by atoms with Crippen molar-refractivity contribution in [3.05, 3.63) is 11.6 Å². The van der Waals surface area contributed by atoms with Gasteiger partial charge in [-0.05, 0) is 0 Å². The summed E-state index contributed by atoms with van der Waals surface area (Å²) in [4.78, 5) is 2.39. The standard InChI is InChI=1S/C11H19N5O.2ClH/c1-2-12-3-4-16-10(1)13-14-11(16)9-15-5-7-17-8-6-15;;/h12H,1-9H2;2*1H. The first-order valence-electron chi connectivity index (χ1n) is 6.35. The van der Waals surface area contributed by atoms with Crippen molar-refractivity contribution in [2.24, 2.45) is 0 Å². The molecule has 2 aliphatic heterocycles. The van der Waals surface area contributed by atoms with Crippen LogP contribution in [0.25, 0.3) is 0 Å². The number of fused-ring (bicyclic) bond motifs is 1. The maximum Gasteiger partial charge on any atom is 0.147 e. The van der Waals surface area contributed by atoms with E-state index in [0.29, 0.717) is 0 Å². The zero-order valence-corrected chi connectivity index (χ0v) is 12.5. The van der Waals surface area contributed by atoms with Crippen molar-refractivity contribution in [2.45, 2.75) is 19.5 Å². The normalized spacial score (nSPS) is 19.8. The van der Waals surface area contributed by atoms with Crippen molar-refractivity contribution in [1.29, 1.82) is 0 Å². The van der Waals surface area contributed by atoms with E-state index in [1.54, 1.807) is 0 Å². The molecule has 2 aliphatic rings. The molecule has 1 fully saturated rings. The number of nitrogens with zero attached hydrogens (tertiary/aromatic N) is 4. The Hall–Kier alpha value is -0.400. The molecule has 0 radical (unpaired) electrons. The number of morpholine rings is 1. The molecule has 0 bridgehead atoms. The monoisotopic (exact) mass is 309 g/mol. The summed E-state index contributed by atoms with van der Waals surface area (Å²) < 4.78 is 7.63. The maximum atomic E-state index is 5.36. The van der Waals surface area contributed by atoms with Crippen LogP contribution in [-0.2, 0) is 24.2 Å². The third-order valence-electron chi connectivity index (χ3n) is 3.41. The first kappa shape index (κ1) is 16.7. The number of ether oxygens (including phenoxy) is 1. The minimum absolute atomic E-state index is 0. The molecule has 3 heterocycles. The number of hydrogen-bond acceptors (Lipinski definition) is 5. The Morgan fingerprint density at radius 3 is 2.63 bits per heavy atom. The second kappa shape index (κ2) is 8.01. The predicted octanol–water partition coefficient (Wildman–Crippen LogP) is 0.0996. The number of aromatic nitrogens is 3. The van der Waals surface area contributed by atoms with E-state index in [-0.39, 0.29) is 24.8 Å². The quantitative estimate of drug-likeness (QED) is 0.840. The lowest BCUT2D eigenvalue weighted by molar-refractivity contribution is 0.0325. The maximum absolute atomic E-state index is 5.36. The van der Waals surface area contributed by atoms with Crippen LogP contribution in [0.5, 0.6) is 0 Å². The van der Waals surface area contributed by atoms with Gasteiger partial charge in [0, 0.05) is 39.1 Å². The van der Waals surface area contributed by atoms with E-state index >= 15 is 0 Å². The lowest BCUT2D eigenvalue weighted by Gasteiger charge is -2.26. The van der Waals surface area contributed by atoms with Crippen molar-refractivity contribution in [1.82, 2.24) is 25.0 Å². The molecule has 0 aromatic carbocycles. The van der Waals surface area contributed by atoms with Gasteiger partial charge in [-0.15, -0.1) is 35.0 Å². The van der Waals surface area contributed by atoms with Crippen LogP contribution in [-0.4, -0.2) is 59.1 Å². The van der Waals surface area contributed by atoms with Gasteiger partial charge in [0.15, 0.2) is 0 Å². The Bertz CT molecular complexity index is 381. The fraction of sp³-hybridized carbons (Fsp3) is 0.818. The molecule has 19 heavy (non-hydrogen) atoms. The molecule has 0 aliphatic carbocycles. The lowest BCUT2D eigenvalue weighted by atomic mass is 10.4. The summed E-state index contributed by atoms with van der Waals surface area (Å²) in [6.45, 7) is 7.58. The van der Waals surface area contributed by atoms with Crippen LogP contribution >= 0.6 is 24.8 Å². The molecule has 0 spiro atoms. The second-order valence-electron chi connectivity index (χ2n) is 4.57. The summed E-state index contributed by atoms with van der Waals surface area (Å²) >= 11 is 0. The smallest absolute Gasteiger partial charge is 0.147 e. The first-order valence-corrected chi connectivity index (χ1v) is 6.35. The highest BCUT2D eigenvalue weighted by atomic mass is 35.5. The van der Waals surface area contributed by atoms with Crippen molar-refractivity contribution >= 4 is 24.8 Å². The van der Waals surface area contributed by atoms with E-state index in [1.165, 1.54) is 0 Å². The van der Waals surface area contributed by atoms with Crippen molar-refractivity contribution in [2.75, 3.05) is 39.4 Å². The predicted molar refractivity (Wildman–Crippen MR) is 77.2 cm³/mol. The Kier molecular flexibility index (Phi) is 7.02. The van der Waals surface area contributed by atoms with E-state index in [9.17, 15) is 0 Å². The van der Waals surface area contributed by atoms with Gasteiger partial charge in [-0.25, -0.2) is 0 Å². The van der Waals surface area contributed by atoms with Crippen molar-refractivity contribution < 1.29 is 4.74 Å². The molecule has 8 heteroatoms. The molecular weight excluding hydrogens is 289 g/mol. The van der Waals surface area contributed by atoms with Gasteiger partial charge in [0.2, 0.25) is 0 Å². The van der Waals surface area contributed by atoms with Crippen LogP contribution in [0.2, 0.25) is 0 Å². The average Bonchev–Trinajstić information content (AvgIpc) is 2.61. The fourth-order valence-electron chi connectivity index (χ4n) is 2.41. The lowest BCUT2D eigenvalue weighted by Crippen LogP contribution is -2.36. The van der Waals surface area contributed by atoms with Crippen LogP contribution in [0.1, 0.15) is 11.6 Å². The number of hydrogen-bond donors (Lipinski definition) is 1. The summed E-state index contributed by atoms with van der Waals surface area (Å²) in [6, 6.07) is 0. The number of halogens is 2. The van der Waals surface area contributed by atoms with Crippen molar-refractivity contribution in [3.63, 3.8) is 0 Å². The van der Waals surface area contributed by atoms with E-state index in [4.69, 9.17) is 4.74 Å². The van der Waals surface area contributed by atoms with E-state index < -0.39 is 0 Å². The van der Waals surface area contributed by atoms with Gasteiger partial charge in [-0.3, -0.25) is 4.90 Å². The van der Waals surface area contributed by atoms with Gasteiger partial charge in [0.1, 0.15) is 11.6 Å². The summed E-state index contributed by atoms with van der Waals surface area (Å²) in [6.07, 6.45) is 0.982. The molecule has 0 amide bonds. The number of rotatable bonds is 2. The second-order valence-corrected chi connectivity index (χ2v) is 4.57. The minimum Gasteiger partial charge on any atom is -0.379 e. The third-order valence-corrected chi connectivity index (χ3v) is 3.41. The zero-order chi connectivity index (χ0) is 11.5. The topological polar surface area (TPSA) is 55.2 Å². The highest BCUT2D eigenvalue weighted by Gasteiger charge is 2.18. The van der Waals surface area contributed by atoms with Gasteiger partial charge in [-0.2, -0.15) is 0 Å². The highest BCUT2D eigenvalue weighted by Crippen LogP contribution is 2.09. The Morgan fingerprint density at radius 1 is 1.05 bits per heavy atom. The van der Waals surface area contributed by atoms with Crippen molar-refractivity contribution in [3.8, 4) is 0 Å². The molecule has 0 unspecified atom stereocenters. The van der Waals surface area contributed by atoms with E-state index in [1.807, 2.05) is 0 Å². The molecule has 110 valence electrons. The largest absolute Gasteiger partial charge is 0.379 e. The molecule has 3 rings (SSSR count). The van der Waals surface area contributed by atoms with Crippen LogP contribution in [0, 0.1) is 0 Å².